The molecule has 2 bridgehead atoms. The molecule has 3 unspecified atom stereocenters. The van der Waals surface area contributed by atoms with Crippen molar-refractivity contribution in [3.63, 3.8) is 0 Å². The topological polar surface area (TPSA) is 35.5 Å². The van der Waals surface area contributed by atoms with Gasteiger partial charge in [-0.3, -0.25) is 4.79 Å². The molecule has 1 aromatic rings. The second-order valence-electron chi connectivity index (χ2n) is 5.32. The Kier molecular flexibility index (Phi) is 3.63. The molecule has 3 rings (SSSR count). The van der Waals surface area contributed by atoms with Gasteiger partial charge in [0, 0.05) is 22.4 Å². The summed E-state index contributed by atoms with van der Waals surface area (Å²) >= 11 is 3.44. The van der Waals surface area contributed by atoms with Gasteiger partial charge in [-0.2, -0.15) is 0 Å². The Bertz CT molecular complexity index is 500. The van der Waals surface area contributed by atoms with Crippen LogP contribution in [0.3, 0.4) is 0 Å². The SMILES string of the molecule is COc1ccc(Br)cc1CC(=O)C1CC2CCC1O2. The molecule has 0 amide bonds. The Hall–Kier alpha value is -0.870. The molecule has 3 nitrogen and oxygen atoms in total. The van der Waals surface area contributed by atoms with Crippen molar-refractivity contribution in [2.45, 2.75) is 37.9 Å². The predicted molar refractivity (Wildman–Crippen MR) is 75.4 cm³/mol. The maximum atomic E-state index is 12.4. The van der Waals surface area contributed by atoms with E-state index in [1.807, 2.05) is 18.2 Å². The minimum absolute atomic E-state index is 0.0856. The molecule has 2 aliphatic heterocycles. The van der Waals surface area contributed by atoms with Crippen molar-refractivity contribution in [2.24, 2.45) is 5.92 Å². The van der Waals surface area contributed by atoms with E-state index in [1.54, 1.807) is 7.11 Å². The summed E-state index contributed by atoms with van der Waals surface area (Å²) in [4.78, 5) is 12.4. The summed E-state index contributed by atoms with van der Waals surface area (Å²) in [5.74, 6) is 1.15. The average Bonchev–Trinajstić information content (AvgIpc) is 3.01. The van der Waals surface area contributed by atoms with Gasteiger partial charge >= 0.3 is 0 Å². The first-order valence-electron chi connectivity index (χ1n) is 6.68. The number of halogens is 1. The smallest absolute Gasteiger partial charge is 0.143 e. The van der Waals surface area contributed by atoms with Crippen LogP contribution >= 0.6 is 15.9 Å². The van der Waals surface area contributed by atoms with E-state index in [9.17, 15) is 4.79 Å². The molecule has 0 aliphatic carbocycles. The van der Waals surface area contributed by atoms with Crippen molar-refractivity contribution in [3.05, 3.63) is 28.2 Å². The maximum absolute atomic E-state index is 12.4. The van der Waals surface area contributed by atoms with Crippen LogP contribution in [0.5, 0.6) is 5.75 Å². The third kappa shape index (κ3) is 2.56. The molecule has 0 radical (unpaired) electrons. The van der Waals surface area contributed by atoms with E-state index in [2.05, 4.69) is 15.9 Å². The Morgan fingerprint density at radius 1 is 1.47 bits per heavy atom. The molecule has 1 aromatic carbocycles. The fraction of sp³-hybridized carbons (Fsp3) is 0.533. The highest BCUT2D eigenvalue weighted by Gasteiger charge is 2.44. The summed E-state index contributed by atoms with van der Waals surface area (Å²) in [7, 11) is 1.64. The maximum Gasteiger partial charge on any atom is 0.143 e. The van der Waals surface area contributed by atoms with E-state index in [0.29, 0.717) is 12.5 Å². The van der Waals surface area contributed by atoms with Gasteiger partial charge in [-0.25, -0.2) is 0 Å². The zero-order valence-electron chi connectivity index (χ0n) is 10.9. The number of fused-ring (bicyclic) bond motifs is 2. The number of methoxy groups -OCH3 is 1. The van der Waals surface area contributed by atoms with Crippen molar-refractivity contribution in [1.82, 2.24) is 0 Å². The zero-order valence-corrected chi connectivity index (χ0v) is 12.5. The first-order chi connectivity index (χ1) is 9.17. The Labute approximate surface area is 121 Å². The number of carbonyl (C=O) groups excluding carboxylic acids is 1. The third-order valence-corrected chi connectivity index (χ3v) is 4.62. The first-order valence-corrected chi connectivity index (χ1v) is 7.47. The molecular formula is C15H17BrO3. The fourth-order valence-electron chi connectivity index (χ4n) is 3.18. The van der Waals surface area contributed by atoms with Crippen molar-refractivity contribution in [1.29, 1.82) is 0 Å². The number of hydrogen-bond donors (Lipinski definition) is 0. The van der Waals surface area contributed by atoms with Gasteiger partial charge < -0.3 is 9.47 Å². The molecule has 2 saturated heterocycles. The lowest BCUT2D eigenvalue weighted by atomic mass is 9.84. The molecule has 0 saturated carbocycles. The van der Waals surface area contributed by atoms with Gasteiger partial charge in [0.25, 0.3) is 0 Å². The summed E-state index contributed by atoms with van der Waals surface area (Å²) in [5, 5.41) is 0. The van der Waals surface area contributed by atoms with Crippen molar-refractivity contribution >= 4 is 21.7 Å². The molecule has 2 heterocycles. The van der Waals surface area contributed by atoms with Crippen LogP contribution in [0.2, 0.25) is 0 Å². The van der Waals surface area contributed by atoms with Gasteiger partial charge in [-0.15, -0.1) is 0 Å². The highest BCUT2D eigenvalue weighted by molar-refractivity contribution is 9.10. The van der Waals surface area contributed by atoms with Gasteiger partial charge in [0.1, 0.15) is 11.5 Å². The molecule has 3 atom stereocenters. The van der Waals surface area contributed by atoms with E-state index in [1.165, 1.54) is 0 Å². The van der Waals surface area contributed by atoms with Gasteiger partial charge in [0.05, 0.1) is 19.3 Å². The van der Waals surface area contributed by atoms with Crippen LogP contribution in [0.1, 0.15) is 24.8 Å². The second-order valence-corrected chi connectivity index (χ2v) is 6.23. The Balaban J connectivity index is 1.74. The van der Waals surface area contributed by atoms with Gasteiger partial charge in [-0.1, -0.05) is 15.9 Å². The largest absolute Gasteiger partial charge is 0.496 e. The lowest BCUT2D eigenvalue weighted by Gasteiger charge is -2.18. The van der Waals surface area contributed by atoms with E-state index in [4.69, 9.17) is 9.47 Å². The van der Waals surface area contributed by atoms with Crippen molar-refractivity contribution < 1.29 is 14.3 Å². The van der Waals surface area contributed by atoms with Crippen LogP contribution in [0.25, 0.3) is 0 Å². The number of ether oxygens (including phenoxy) is 2. The quantitative estimate of drug-likeness (QED) is 0.853. The average molecular weight is 325 g/mol. The normalized spacial score (nSPS) is 28.6. The highest BCUT2D eigenvalue weighted by Crippen LogP contribution is 2.40. The van der Waals surface area contributed by atoms with Gasteiger partial charge in [0.2, 0.25) is 0 Å². The molecule has 0 spiro atoms. The molecule has 0 aromatic heterocycles. The van der Waals surface area contributed by atoms with Gasteiger partial charge in [-0.05, 0) is 37.5 Å². The van der Waals surface area contributed by atoms with Crippen LogP contribution in [0, 0.1) is 5.92 Å². The molecule has 0 N–H and O–H groups in total. The Morgan fingerprint density at radius 2 is 2.32 bits per heavy atom. The van der Waals surface area contributed by atoms with E-state index in [0.717, 1.165) is 35.0 Å². The summed E-state index contributed by atoms with van der Waals surface area (Å²) < 4.78 is 12.1. The van der Waals surface area contributed by atoms with E-state index >= 15 is 0 Å². The van der Waals surface area contributed by atoms with Crippen LogP contribution < -0.4 is 4.74 Å². The predicted octanol–water partition coefficient (Wildman–Crippen LogP) is 3.14. The number of hydrogen-bond acceptors (Lipinski definition) is 3. The number of rotatable bonds is 4. The first kappa shape index (κ1) is 13.1. The molecule has 4 heteroatoms. The summed E-state index contributed by atoms with van der Waals surface area (Å²) in [6.07, 6.45) is 3.98. The molecule has 2 fully saturated rings. The number of benzene rings is 1. The minimum atomic E-state index is 0.0856. The van der Waals surface area contributed by atoms with Crippen LogP contribution in [0.15, 0.2) is 22.7 Å². The fourth-order valence-corrected chi connectivity index (χ4v) is 3.59. The summed E-state index contributed by atoms with van der Waals surface area (Å²) in [6.45, 7) is 0. The lowest BCUT2D eigenvalue weighted by molar-refractivity contribution is -0.123. The number of ketones is 1. The highest BCUT2D eigenvalue weighted by atomic mass is 79.9. The van der Waals surface area contributed by atoms with E-state index < -0.39 is 0 Å². The van der Waals surface area contributed by atoms with Crippen LogP contribution in [-0.4, -0.2) is 25.1 Å². The zero-order chi connectivity index (χ0) is 13.4. The molecule has 19 heavy (non-hydrogen) atoms. The monoisotopic (exact) mass is 324 g/mol. The summed E-state index contributed by atoms with van der Waals surface area (Å²) in [6, 6.07) is 5.78. The summed E-state index contributed by atoms with van der Waals surface area (Å²) in [5.41, 5.74) is 0.949. The standard InChI is InChI=1S/C15H17BrO3/c1-18-14-4-2-10(16)6-9(14)7-13(17)12-8-11-3-5-15(12)19-11/h2,4,6,11-12,15H,3,5,7-8H2,1H3. The second kappa shape index (κ2) is 5.25. The van der Waals surface area contributed by atoms with Crippen molar-refractivity contribution in [2.75, 3.05) is 7.11 Å². The lowest BCUT2D eigenvalue weighted by Crippen LogP contribution is -2.26. The third-order valence-electron chi connectivity index (χ3n) is 4.13. The van der Waals surface area contributed by atoms with Gasteiger partial charge in [0.15, 0.2) is 0 Å². The number of Topliss-reactive ketones (excluding diaryl/α,β-unsaturated/α-hetero) is 1. The molecule has 2 aliphatic rings. The number of carbonyl (C=O) groups is 1. The van der Waals surface area contributed by atoms with Crippen LogP contribution in [0.4, 0.5) is 0 Å². The molecule has 102 valence electrons. The van der Waals surface area contributed by atoms with Crippen LogP contribution in [-0.2, 0) is 16.0 Å². The molecular weight excluding hydrogens is 308 g/mol. The van der Waals surface area contributed by atoms with Crippen molar-refractivity contribution in [3.8, 4) is 5.75 Å². The minimum Gasteiger partial charge on any atom is -0.496 e. The Morgan fingerprint density at radius 3 is 2.95 bits per heavy atom. The van der Waals surface area contributed by atoms with E-state index in [-0.39, 0.29) is 17.8 Å².